The van der Waals surface area contributed by atoms with Gasteiger partial charge < -0.3 is 0 Å². The maximum Gasteiger partial charge on any atom is 0.212 e. The number of sulfonamides is 1. The van der Waals surface area contributed by atoms with E-state index in [2.05, 4.69) is 35.8 Å². The fourth-order valence-corrected chi connectivity index (χ4v) is 2.89. The number of hydrogen-bond donors (Lipinski definition) is 1. The summed E-state index contributed by atoms with van der Waals surface area (Å²) in [4.78, 5) is 0. The van der Waals surface area contributed by atoms with Gasteiger partial charge in [-0.2, -0.15) is 0 Å². The molecule has 0 radical (unpaired) electrons. The molecule has 0 aromatic rings. The van der Waals surface area contributed by atoms with E-state index in [1.807, 2.05) is 0 Å². The molecule has 0 aliphatic carbocycles. The molecule has 0 amide bonds. The highest BCUT2D eigenvalue weighted by Gasteiger charge is 2.25. The van der Waals surface area contributed by atoms with Crippen LogP contribution in [0.3, 0.4) is 0 Å². The summed E-state index contributed by atoms with van der Waals surface area (Å²) in [6.07, 6.45) is 0.625. The van der Waals surface area contributed by atoms with Gasteiger partial charge in [0.2, 0.25) is 10.0 Å². The summed E-state index contributed by atoms with van der Waals surface area (Å²) in [5.74, 6) is 3.22. The van der Waals surface area contributed by atoms with Gasteiger partial charge >= 0.3 is 0 Å². The Morgan fingerprint density at radius 3 is 2.38 bits per heavy atom. The van der Waals surface area contributed by atoms with Crippen LogP contribution < -0.4 is 4.72 Å². The van der Waals surface area contributed by atoms with Crippen molar-refractivity contribution in [2.75, 3.05) is 5.75 Å². The van der Waals surface area contributed by atoms with Crippen molar-refractivity contribution in [2.24, 2.45) is 0 Å². The first-order valence-electron chi connectivity index (χ1n) is 4.31. The van der Waals surface area contributed by atoms with E-state index in [0.717, 1.165) is 0 Å². The van der Waals surface area contributed by atoms with Gasteiger partial charge in [0.25, 0.3) is 0 Å². The summed E-state index contributed by atoms with van der Waals surface area (Å²) < 4.78 is 24.5. The molecule has 1 rings (SSSR count). The summed E-state index contributed by atoms with van der Waals surface area (Å²) in [6.45, 7) is 6.43. The zero-order chi connectivity index (χ0) is 10.1. The highest BCUT2D eigenvalue weighted by molar-refractivity contribution is 7.89. The Labute approximate surface area is 81.0 Å². The Balaban J connectivity index is 2.63. The average Bonchev–Trinajstić information content (AvgIpc) is 2.24. The molecule has 74 valence electrons. The Bertz CT molecular complexity index is 345. The smallest absolute Gasteiger partial charge is 0.212 e. The van der Waals surface area contributed by atoms with E-state index < -0.39 is 18.1 Å². The minimum atomic E-state index is -3.00. The van der Waals surface area contributed by atoms with Crippen LogP contribution in [0.25, 0.3) is 0 Å². The lowest BCUT2D eigenvalue weighted by Gasteiger charge is -2.05. The third-order valence-electron chi connectivity index (χ3n) is 1.62. The van der Waals surface area contributed by atoms with Crippen LogP contribution >= 0.6 is 0 Å². The number of rotatable bonds is 0. The van der Waals surface area contributed by atoms with Crippen molar-refractivity contribution in [2.45, 2.75) is 32.1 Å². The summed E-state index contributed by atoms with van der Waals surface area (Å²) in [5.41, 5.74) is 3.16. The normalized spacial score (nSPS) is 26.5. The van der Waals surface area contributed by atoms with E-state index in [1.165, 1.54) is 0 Å². The first-order valence-corrected chi connectivity index (χ1v) is 9.46. The topological polar surface area (TPSA) is 46.2 Å². The molecule has 0 saturated carbocycles. The lowest BCUT2D eigenvalue weighted by atomic mass is 10.3. The molecule has 1 heterocycles. The van der Waals surface area contributed by atoms with Gasteiger partial charge in [-0.05, 0) is 6.42 Å². The second-order valence-electron chi connectivity index (χ2n) is 4.30. The fourth-order valence-electron chi connectivity index (χ4n) is 1.01. The van der Waals surface area contributed by atoms with Crippen LogP contribution in [-0.4, -0.2) is 28.3 Å². The third kappa shape index (κ3) is 3.94. The molecular formula is C8H15NO2SSi. The second kappa shape index (κ2) is 3.44. The molecule has 0 aromatic carbocycles. The lowest BCUT2D eigenvalue weighted by molar-refractivity contribution is 0.592. The molecule has 1 aliphatic rings. The molecule has 1 aliphatic heterocycles. The van der Waals surface area contributed by atoms with Crippen molar-refractivity contribution in [3.8, 4) is 11.5 Å². The highest BCUT2D eigenvalue weighted by Crippen LogP contribution is 2.07. The molecule has 0 aromatic heterocycles. The Morgan fingerprint density at radius 2 is 2.00 bits per heavy atom. The second-order valence-corrected chi connectivity index (χ2v) is 10.9. The van der Waals surface area contributed by atoms with Gasteiger partial charge in [0.05, 0.1) is 11.8 Å². The van der Waals surface area contributed by atoms with E-state index in [9.17, 15) is 8.42 Å². The molecule has 1 fully saturated rings. The molecule has 13 heavy (non-hydrogen) atoms. The molecule has 3 nitrogen and oxygen atoms in total. The van der Waals surface area contributed by atoms with Crippen LogP contribution in [0.1, 0.15) is 6.42 Å². The third-order valence-corrected chi connectivity index (χ3v) is 3.93. The highest BCUT2D eigenvalue weighted by atomic mass is 32.2. The average molecular weight is 217 g/mol. The number of hydrogen-bond acceptors (Lipinski definition) is 2. The first kappa shape index (κ1) is 10.8. The van der Waals surface area contributed by atoms with E-state index in [-0.39, 0.29) is 11.8 Å². The van der Waals surface area contributed by atoms with Crippen LogP contribution in [0.2, 0.25) is 19.6 Å². The van der Waals surface area contributed by atoms with Gasteiger partial charge in [-0.15, -0.1) is 5.54 Å². The van der Waals surface area contributed by atoms with Crippen LogP contribution in [0, 0.1) is 11.5 Å². The zero-order valence-corrected chi connectivity index (χ0v) is 10.0. The molecule has 0 spiro atoms. The zero-order valence-electron chi connectivity index (χ0n) is 8.22. The predicted molar refractivity (Wildman–Crippen MR) is 56.4 cm³/mol. The molecule has 1 saturated heterocycles. The van der Waals surface area contributed by atoms with Crippen LogP contribution in [0.15, 0.2) is 0 Å². The van der Waals surface area contributed by atoms with Crippen molar-refractivity contribution in [1.82, 2.24) is 4.72 Å². The SMILES string of the molecule is C[Si](C)(C)C#CC1CCS(=O)(=O)N1. The standard InChI is InChI=1S/C8H15NO2SSi/c1-13(2,3)7-5-8-4-6-12(10,11)9-8/h8-9H,4,6H2,1-3H3. The molecule has 1 atom stereocenters. The minimum absolute atomic E-state index is 0.142. The van der Waals surface area contributed by atoms with E-state index in [4.69, 9.17) is 0 Å². The first-order chi connectivity index (χ1) is 5.79. The van der Waals surface area contributed by atoms with Crippen LogP contribution in [0.5, 0.6) is 0 Å². The van der Waals surface area contributed by atoms with Crippen molar-refractivity contribution in [3.05, 3.63) is 0 Å². The van der Waals surface area contributed by atoms with E-state index >= 15 is 0 Å². The summed E-state index contributed by atoms with van der Waals surface area (Å²) in [5, 5.41) is 0. The quantitative estimate of drug-likeness (QED) is 0.476. The van der Waals surface area contributed by atoms with E-state index in [0.29, 0.717) is 6.42 Å². The molecular weight excluding hydrogens is 202 g/mol. The van der Waals surface area contributed by atoms with Crippen molar-refractivity contribution >= 4 is 18.1 Å². The van der Waals surface area contributed by atoms with Crippen LogP contribution in [-0.2, 0) is 10.0 Å². The van der Waals surface area contributed by atoms with E-state index in [1.54, 1.807) is 0 Å². The Morgan fingerprint density at radius 1 is 1.38 bits per heavy atom. The van der Waals surface area contributed by atoms with Crippen molar-refractivity contribution in [3.63, 3.8) is 0 Å². The van der Waals surface area contributed by atoms with Gasteiger partial charge in [0, 0.05) is 0 Å². The minimum Gasteiger partial charge on any atom is -0.212 e. The monoisotopic (exact) mass is 217 g/mol. The summed E-state index contributed by atoms with van der Waals surface area (Å²) >= 11 is 0. The molecule has 0 bridgehead atoms. The molecule has 5 heteroatoms. The lowest BCUT2D eigenvalue weighted by Crippen LogP contribution is -2.25. The van der Waals surface area contributed by atoms with Crippen molar-refractivity contribution in [1.29, 1.82) is 0 Å². The Hall–Kier alpha value is -0.313. The number of nitrogens with one attached hydrogen (secondary N) is 1. The largest absolute Gasteiger partial charge is 0.212 e. The predicted octanol–water partition coefficient (Wildman–Crippen LogP) is 0.559. The molecule has 1 N–H and O–H groups in total. The Kier molecular flexibility index (Phi) is 2.85. The summed E-state index contributed by atoms with van der Waals surface area (Å²) in [7, 11) is -4.37. The van der Waals surface area contributed by atoms with Gasteiger partial charge in [0.1, 0.15) is 8.07 Å². The molecule has 1 unspecified atom stereocenters. The van der Waals surface area contributed by atoms with Crippen molar-refractivity contribution < 1.29 is 8.42 Å². The van der Waals surface area contributed by atoms with Gasteiger partial charge in [-0.25, -0.2) is 13.1 Å². The van der Waals surface area contributed by atoms with Gasteiger partial charge in [-0.1, -0.05) is 25.6 Å². The maximum atomic E-state index is 11.0. The van der Waals surface area contributed by atoms with Gasteiger partial charge in [-0.3, -0.25) is 0 Å². The fraction of sp³-hybridized carbons (Fsp3) is 0.750. The van der Waals surface area contributed by atoms with Gasteiger partial charge in [0.15, 0.2) is 0 Å². The summed E-state index contributed by atoms with van der Waals surface area (Å²) in [6, 6.07) is -0.142. The maximum absolute atomic E-state index is 11.0. The van der Waals surface area contributed by atoms with Crippen LogP contribution in [0.4, 0.5) is 0 Å².